The second kappa shape index (κ2) is 12.2. The summed E-state index contributed by atoms with van der Waals surface area (Å²) >= 11 is 0. The number of nitrogens with one attached hydrogen (secondary N) is 2. The lowest BCUT2D eigenvalue weighted by atomic mass is 10.1. The average Bonchev–Trinajstić information content (AvgIpc) is 2.50. The number of carbonyl (C=O) groups excluding carboxylic acids is 3. The maximum Gasteiger partial charge on any atom is 0.441 e. The molecule has 2 N–H and O–H groups in total. The Labute approximate surface area is 155 Å². The van der Waals surface area contributed by atoms with Crippen LogP contribution in [-0.2, 0) is 19.1 Å². The van der Waals surface area contributed by atoms with Crippen molar-refractivity contribution in [3.8, 4) is 0 Å². The van der Waals surface area contributed by atoms with Crippen molar-refractivity contribution in [1.82, 2.24) is 10.8 Å². The van der Waals surface area contributed by atoms with Gasteiger partial charge in [0.25, 0.3) is 0 Å². The summed E-state index contributed by atoms with van der Waals surface area (Å²) in [5.74, 6) is -0.480. The van der Waals surface area contributed by atoms with E-state index in [0.717, 1.165) is 19.3 Å². The molecule has 0 aromatic rings. The Kier molecular flexibility index (Phi) is 11.1. The van der Waals surface area contributed by atoms with Gasteiger partial charge in [-0.25, -0.2) is 14.4 Å². The Hall–Kier alpha value is -2.25. The van der Waals surface area contributed by atoms with E-state index in [1.54, 1.807) is 26.8 Å². The first-order valence-corrected chi connectivity index (χ1v) is 8.89. The van der Waals surface area contributed by atoms with Crippen LogP contribution in [0.25, 0.3) is 0 Å². The molecule has 0 saturated heterocycles. The molecule has 0 aliphatic rings. The van der Waals surface area contributed by atoms with Gasteiger partial charge in [-0.1, -0.05) is 33.3 Å². The Morgan fingerprint density at radius 1 is 1.12 bits per heavy atom. The van der Waals surface area contributed by atoms with Crippen LogP contribution in [0.1, 0.15) is 67.2 Å². The summed E-state index contributed by atoms with van der Waals surface area (Å²) in [7, 11) is 0. The molecule has 0 radical (unpaired) electrons. The first-order valence-electron chi connectivity index (χ1n) is 8.89. The smallest absolute Gasteiger partial charge is 0.441 e. The molecule has 0 aliphatic heterocycles. The number of rotatable bonds is 8. The number of allylic oxidation sites excluding steroid dienone is 1. The number of hydrogen-bond acceptors (Lipinski definition) is 6. The number of amides is 2. The molecule has 26 heavy (non-hydrogen) atoms. The average molecular weight is 372 g/mol. The van der Waals surface area contributed by atoms with Gasteiger partial charge in [0.2, 0.25) is 0 Å². The zero-order chi connectivity index (χ0) is 20.2. The van der Waals surface area contributed by atoms with E-state index in [-0.39, 0.29) is 12.3 Å². The third-order valence-electron chi connectivity index (χ3n) is 2.91. The number of alkyl carbamates (subject to hydrolysis) is 1. The van der Waals surface area contributed by atoms with E-state index < -0.39 is 23.8 Å². The molecule has 0 bridgehead atoms. The minimum atomic E-state index is -0.910. The van der Waals surface area contributed by atoms with Crippen molar-refractivity contribution in [3.63, 3.8) is 0 Å². The van der Waals surface area contributed by atoms with Crippen molar-refractivity contribution in [2.24, 2.45) is 5.92 Å². The van der Waals surface area contributed by atoms with Gasteiger partial charge in [-0.3, -0.25) is 5.32 Å². The lowest BCUT2D eigenvalue weighted by Crippen LogP contribution is -2.37. The summed E-state index contributed by atoms with van der Waals surface area (Å²) in [4.78, 5) is 40.1. The normalized spacial score (nSPS) is 11.7. The zero-order valence-corrected chi connectivity index (χ0v) is 16.6. The molecule has 150 valence electrons. The Bertz CT molecular complexity index is 494. The molecule has 0 aliphatic carbocycles. The highest BCUT2D eigenvalue weighted by molar-refractivity contribution is 5.92. The molecule has 8 nitrogen and oxygen atoms in total. The minimum absolute atomic E-state index is 0.0943. The van der Waals surface area contributed by atoms with E-state index in [9.17, 15) is 14.4 Å². The molecule has 0 spiro atoms. The van der Waals surface area contributed by atoms with Crippen LogP contribution in [0.2, 0.25) is 0 Å². The molecular weight excluding hydrogens is 340 g/mol. The largest absolute Gasteiger partial charge is 0.449 e. The summed E-state index contributed by atoms with van der Waals surface area (Å²) in [6.07, 6.45) is 2.88. The Morgan fingerprint density at radius 3 is 2.31 bits per heavy atom. The summed E-state index contributed by atoms with van der Waals surface area (Å²) < 4.78 is 9.94. The van der Waals surface area contributed by atoms with Gasteiger partial charge >= 0.3 is 18.2 Å². The number of ether oxygens (including phenoxy) is 2. The highest BCUT2D eigenvalue weighted by Crippen LogP contribution is 2.08. The number of unbranched alkanes of at least 4 members (excludes halogenated alkanes) is 1. The second-order valence-electron chi connectivity index (χ2n) is 7.20. The zero-order valence-electron chi connectivity index (χ0n) is 16.6. The first-order chi connectivity index (χ1) is 12.0. The molecule has 0 fully saturated rings. The van der Waals surface area contributed by atoms with Crippen LogP contribution in [0.4, 0.5) is 9.59 Å². The maximum absolute atomic E-state index is 12.1. The highest BCUT2D eigenvalue weighted by atomic mass is 16.7. The van der Waals surface area contributed by atoms with E-state index in [0.29, 0.717) is 12.3 Å². The third-order valence-corrected chi connectivity index (χ3v) is 2.91. The number of hydrogen-bond donors (Lipinski definition) is 2. The van der Waals surface area contributed by atoms with Gasteiger partial charge in [-0.05, 0) is 46.0 Å². The highest BCUT2D eigenvalue weighted by Gasteiger charge is 2.20. The van der Waals surface area contributed by atoms with E-state index in [2.05, 4.69) is 5.32 Å². The fourth-order valence-corrected chi connectivity index (χ4v) is 1.64. The predicted octanol–water partition coefficient (Wildman–Crippen LogP) is 3.82. The summed E-state index contributed by atoms with van der Waals surface area (Å²) in [6.45, 7) is 11.4. The van der Waals surface area contributed by atoms with Gasteiger partial charge < -0.3 is 14.3 Å². The lowest BCUT2D eigenvalue weighted by molar-refractivity contribution is -0.146. The Balaban J connectivity index is 4.73. The molecule has 2 amide bonds. The van der Waals surface area contributed by atoms with Crippen LogP contribution < -0.4 is 10.8 Å². The fraction of sp³-hybridized carbons (Fsp3) is 0.722. The van der Waals surface area contributed by atoms with Crippen LogP contribution in [0.5, 0.6) is 0 Å². The first kappa shape index (κ1) is 23.8. The standard InChI is InChI=1S/C18H32N2O6/c1-7-8-12-24-16(22)19-14(11-9-10-13(2)3)15(21)26-20-17(23)25-18(4,5)6/h11,13H,7-10,12H2,1-6H3,(H,19,22)(H,20,23). The molecule has 8 heteroatoms. The molecule has 0 aromatic heterocycles. The van der Waals surface area contributed by atoms with Crippen LogP contribution in [0.3, 0.4) is 0 Å². The quantitative estimate of drug-likeness (QED) is 0.291. The van der Waals surface area contributed by atoms with Gasteiger partial charge in [0.05, 0.1) is 6.61 Å². The van der Waals surface area contributed by atoms with Gasteiger partial charge in [-0.2, -0.15) is 0 Å². The van der Waals surface area contributed by atoms with E-state index in [1.165, 1.54) is 0 Å². The van der Waals surface area contributed by atoms with Crippen LogP contribution >= 0.6 is 0 Å². The molecule has 0 atom stereocenters. The van der Waals surface area contributed by atoms with Gasteiger partial charge in [0.1, 0.15) is 11.3 Å². The van der Waals surface area contributed by atoms with Crippen molar-refractivity contribution < 1.29 is 28.7 Å². The van der Waals surface area contributed by atoms with Crippen molar-refractivity contribution >= 4 is 18.2 Å². The summed E-state index contributed by atoms with van der Waals surface area (Å²) in [5, 5.41) is 2.35. The SMILES string of the molecule is CCCCOC(=O)NC(=CCCC(C)C)C(=O)ONC(=O)OC(C)(C)C. The van der Waals surface area contributed by atoms with Crippen molar-refractivity contribution in [3.05, 3.63) is 11.8 Å². The van der Waals surface area contributed by atoms with E-state index >= 15 is 0 Å². The summed E-state index contributed by atoms with van der Waals surface area (Å²) in [6, 6.07) is 0. The second-order valence-corrected chi connectivity index (χ2v) is 7.20. The molecule has 0 heterocycles. The maximum atomic E-state index is 12.1. The number of carbonyl (C=O) groups is 3. The van der Waals surface area contributed by atoms with Crippen molar-refractivity contribution in [2.75, 3.05) is 6.61 Å². The van der Waals surface area contributed by atoms with Crippen molar-refractivity contribution in [2.45, 2.75) is 72.8 Å². The monoisotopic (exact) mass is 372 g/mol. The third kappa shape index (κ3) is 13.1. The van der Waals surface area contributed by atoms with E-state index in [4.69, 9.17) is 14.3 Å². The van der Waals surface area contributed by atoms with Crippen molar-refractivity contribution in [1.29, 1.82) is 0 Å². The fourth-order valence-electron chi connectivity index (χ4n) is 1.64. The Morgan fingerprint density at radius 2 is 1.77 bits per heavy atom. The topological polar surface area (TPSA) is 103 Å². The molecular formula is C18H32N2O6. The van der Waals surface area contributed by atoms with Crippen LogP contribution in [0.15, 0.2) is 11.8 Å². The van der Waals surface area contributed by atoms with Gasteiger partial charge in [-0.15, -0.1) is 5.48 Å². The van der Waals surface area contributed by atoms with E-state index in [1.807, 2.05) is 26.3 Å². The summed E-state index contributed by atoms with van der Waals surface area (Å²) in [5.41, 5.74) is 1.08. The molecule has 0 unspecified atom stereocenters. The van der Waals surface area contributed by atoms with Gasteiger partial charge in [0.15, 0.2) is 0 Å². The molecule has 0 saturated carbocycles. The lowest BCUT2D eigenvalue weighted by Gasteiger charge is -2.19. The van der Waals surface area contributed by atoms with Gasteiger partial charge in [0, 0.05) is 0 Å². The van der Waals surface area contributed by atoms with Crippen LogP contribution in [0, 0.1) is 5.92 Å². The predicted molar refractivity (Wildman–Crippen MR) is 97.0 cm³/mol. The molecule has 0 rings (SSSR count). The minimum Gasteiger partial charge on any atom is -0.449 e. The molecule has 0 aromatic carbocycles. The number of hydroxylamine groups is 1. The van der Waals surface area contributed by atoms with Crippen LogP contribution in [-0.4, -0.2) is 30.4 Å².